The van der Waals surface area contributed by atoms with Crippen molar-refractivity contribution in [3.05, 3.63) is 59.2 Å². The van der Waals surface area contributed by atoms with Crippen LogP contribution in [0.3, 0.4) is 0 Å². The molecule has 5 unspecified atom stereocenters. The number of carbonyl (C=O) groups excluding carboxylic acids is 4. The molecule has 0 bridgehead atoms. The Balaban J connectivity index is 1.40. The number of carbonyl (C=O) groups is 4. The van der Waals surface area contributed by atoms with Crippen LogP contribution in [0.2, 0.25) is 0 Å². The van der Waals surface area contributed by atoms with Crippen molar-refractivity contribution in [2.24, 2.45) is 22.6 Å². The zero-order valence-corrected chi connectivity index (χ0v) is 34.6. The Morgan fingerprint density at radius 3 is 2.45 bits per heavy atom. The lowest BCUT2D eigenvalue weighted by atomic mass is 9.74. The number of nitrogens with two attached hydrogens (primary N) is 1. The molecular weight excluding hydrogens is 750 g/mol. The lowest BCUT2D eigenvalue weighted by Gasteiger charge is -2.41. The minimum atomic E-state index is -1.61. The summed E-state index contributed by atoms with van der Waals surface area (Å²) >= 11 is 0. The maximum absolute atomic E-state index is 14.6. The number of hydrogen-bond donors (Lipinski definition) is 4. The van der Waals surface area contributed by atoms with Gasteiger partial charge in [-0.05, 0) is 101 Å². The summed E-state index contributed by atoms with van der Waals surface area (Å²) in [5, 5.41) is 9.37. The molecule has 1 saturated heterocycles. The number of nitrogens with one attached hydrogen (secondary N) is 3. The Morgan fingerprint density at radius 1 is 1.09 bits per heavy atom. The molecule has 16 nitrogen and oxygen atoms in total. The van der Waals surface area contributed by atoms with E-state index in [-0.39, 0.29) is 31.5 Å². The molecule has 1 saturated carbocycles. The molecule has 0 spiro atoms. The van der Waals surface area contributed by atoms with Crippen LogP contribution in [-0.2, 0) is 33.2 Å². The predicted molar refractivity (Wildman–Crippen MR) is 215 cm³/mol. The van der Waals surface area contributed by atoms with E-state index in [9.17, 15) is 19.2 Å². The van der Waals surface area contributed by atoms with Crippen LogP contribution in [-0.4, -0.2) is 106 Å². The first-order chi connectivity index (χ1) is 27.5. The van der Waals surface area contributed by atoms with E-state index in [0.29, 0.717) is 47.9 Å². The number of methoxy groups -OCH3 is 1. The Hall–Kier alpha value is -4.77. The van der Waals surface area contributed by atoms with Crippen LogP contribution in [0.15, 0.2) is 47.5 Å². The van der Waals surface area contributed by atoms with Crippen LogP contribution in [0.1, 0.15) is 94.6 Å². The van der Waals surface area contributed by atoms with Crippen molar-refractivity contribution in [2.45, 2.75) is 109 Å². The van der Waals surface area contributed by atoms with Crippen molar-refractivity contribution in [3.63, 3.8) is 0 Å². The van der Waals surface area contributed by atoms with Gasteiger partial charge in [-0.25, -0.2) is 14.4 Å². The van der Waals surface area contributed by atoms with Crippen molar-refractivity contribution in [3.8, 4) is 5.75 Å². The van der Waals surface area contributed by atoms with Crippen LogP contribution in [0, 0.1) is 11.8 Å². The highest BCUT2D eigenvalue weighted by atomic mass is 16.8. The first kappa shape index (κ1) is 44.3. The lowest BCUT2D eigenvalue weighted by molar-refractivity contribution is -0.174. The molecule has 2 aliphatic heterocycles. The Labute approximate surface area is 340 Å². The highest BCUT2D eigenvalue weighted by Gasteiger charge is 2.47. The van der Waals surface area contributed by atoms with Gasteiger partial charge in [0.25, 0.3) is 5.91 Å². The Bertz CT molecular complexity index is 1790. The van der Waals surface area contributed by atoms with Gasteiger partial charge < -0.3 is 54.8 Å². The van der Waals surface area contributed by atoms with Gasteiger partial charge in [0, 0.05) is 41.8 Å². The normalized spacial score (nSPS) is 25.7. The molecule has 5 N–H and O–H groups in total. The average molecular weight is 810 g/mol. The van der Waals surface area contributed by atoms with Gasteiger partial charge in [0.15, 0.2) is 11.6 Å². The fourth-order valence-corrected chi connectivity index (χ4v) is 7.16. The fourth-order valence-electron chi connectivity index (χ4n) is 7.16. The van der Waals surface area contributed by atoms with Crippen LogP contribution in [0.25, 0.3) is 6.08 Å². The molecule has 58 heavy (non-hydrogen) atoms. The van der Waals surface area contributed by atoms with Crippen molar-refractivity contribution in [2.75, 3.05) is 40.2 Å². The number of amides is 2. The molecule has 2 fully saturated rings. The zero-order chi connectivity index (χ0) is 42.2. The molecule has 5 rings (SSSR count). The van der Waals surface area contributed by atoms with Crippen molar-refractivity contribution in [1.29, 1.82) is 0 Å². The molecule has 2 aliphatic carbocycles. The lowest BCUT2D eigenvalue weighted by Crippen LogP contribution is -2.54. The van der Waals surface area contributed by atoms with Crippen molar-refractivity contribution in [1.82, 2.24) is 16.0 Å². The summed E-state index contributed by atoms with van der Waals surface area (Å²) in [7, 11) is 1.51. The molecule has 1 aromatic carbocycles. The number of esters is 1. The van der Waals surface area contributed by atoms with Gasteiger partial charge in [0.1, 0.15) is 18.7 Å². The van der Waals surface area contributed by atoms with Crippen LogP contribution < -0.4 is 26.4 Å². The number of ether oxygens (including phenoxy) is 7. The van der Waals surface area contributed by atoms with Crippen LogP contribution in [0.4, 0.5) is 9.59 Å². The smallest absolute Gasteiger partial charge is 0.496 e. The maximum atomic E-state index is 14.6. The zero-order valence-electron chi connectivity index (χ0n) is 34.6. The van der Waals surface area contributed by atoms with Crippen molar-refractivity contribution < 1.29 is 52.3 Å². The van der Waals surface area contributed by atoms with Gasteiger partial charge in [-0.3, -0.25) is 9.79 Å². The van der Waals surface area contributed by atoms with E-state index in [0.717, 1.165) is 12.1 Å². The third-order valence-electron chi connectivity index (χ3n) is 10.9. The minimum absolute atomic E-state index is 0.116. The summed E-state index contributed by atoms with van der Waals surface area (Å²) in [6.07, 6.45) is 5.72. The van der Waals surface area contributed by atoms with E-state index in [1.165, 1.54) is 26.9 Å². The quantitative estimate of drug-likeness (QED) is 0.0762. The number of dihydropyridines is 1. The molecule has 1 aromatic rings. The number of alkyl carbamates (subject to hydrolysis) is 1. The second-order valence-corrected chi connectivity index (χ2v) is 16.0. The number of benzene rings is 1. The molecule has 318 valence electrons. The SMILES string of the molecule is C=Cc1cc(C(=O)N[C@]2(C)CC=C(C(N)NC(=O)OC3COCOC3)CC2C)c(C2C=CC(CNCC3CC3)=NC2(C)C(=O)OC(C)OC(=O)OC(C)C)cc1OC. The Kier molecular flexibility index (Phi) is 14.8. The topological polar surface area (TPSA) is 207 Å². The number of rotatable bonds is 16. The first-order valence-corrected chi connectivity index (χ1v) is 19.8. The van der Waals surface area contributed by atoms with E-state index in [1.807, 2.05) is 32.1 Å². The second kappa shape index (κ2) is 19.3. The molecule has 2 heterocycles. The van der Waals surface area contributed by atoms with Gasteiger partial charge in [0.2, 0.25) is 6.29 Å². The largest absolute Gasteiger partial charge is 0.511 e. The Morgan fingerprint density at radius 2 is 1.81 bits per heavy atom. The summed E-state index contributed by atoms with van der Waals surface area (Å²) in [5.41, 5.74) is 6.77. The van der Waals surface area contributed by atoms with Gasteiger partial charge >= 0.3 is 18.2 Å². The maximum Gasteiger partial charge on any atom is 0.511 e. The van der Waals surface area contributed by atoms with E-state index in [1.54, 1.807) is 39.0 Å². The standard InChI is InChI=1S/C42H59N5O11/c1-9-28-17-33(37(48)47-41(6)15-14-29(16-25(41)4)36(43)45-39(50)58-31-21-53-23-54-22-31)32(18-35(28)52-8)34-13-12-30(20-44-19-27-10-11-27)46-42(34,7)38(49)56-26(5)57-40(51)55-24(2)3/h9,12-14,17-18,24-27,31,34,36,44H,1,10-11,15-16,19-23,43H2,2-8H3,(H,45,50)(H,47,48)/t25?,26?,34?,36?,41-,42?/m1/s1. The third-order valence-corrected chi connectivity index (χ3v) is 10.9. The summed E-state index contributed by atoms with van der Waals surface area (Å²) in [4.78, 5) is 58.6. The molecule has 0 radical (unpaired) electrons. The first-order valence-electron chi connectivity index (χ1n) is 19.8. The highest BCUT2D eigenvalue weighted by Crippen LogP contribution is 2.42. The molecular formula is C42H59N5O11. The van der Waals surface area contributed by atoms with E-state index in [2.05, 4.69) is 22.5 Å². The van der Waals surface area contributed by atoms with E-state index < -0.39 is 65.8 Å². The summed E-state index contributed by atoms with van der Waals surface area (Å²) in [6, 6.07) is 3.41. The predicted octanol–water partition coefficient (Wildman–Crippen LogP) is 4.87. The number of aliphatic imine (C=N–C) groups is 1. The van der Waals surface area contributed by atoms with Crippen molar-refractivity contribution >= 4 is 35.9 Å². The monoisotopic (exact) mass is 809 g/mol. The number of nitrogens with zero attached hydrogens (tertiary/aromatic N) is 1. The average Bonchev–Trinajstić information content (AvgIpc) is 4.00. The summed E-state index contributed by atoms with van der Waals surface area (Å²) in [5.74, 6) is -1.04. The van der Waals surface area contributed by atoms with Gasteiger partial charge in [-0.15, -0.1) is 0 Å². The van der Waals surface area contributed by atoms with Crippen LogP contribution >= 0.6 is 0 Å². The van der Waals surface area contributed by atoms with Gasteiger partial charge in [-0.2, -0.15) is 0 Å². The third kappa shape index (κ3) is 11.2. The molecule has 0 aromatic heterocycles. The van der Waals surface area contributed by atoms with E-state index in [4.69, 9.17) is 43.9 Å². The molecule has 6 atom stereocenters. The molecule has 4 aliphatic rings. The molecule has 2 amide bonds. The molecule has 16 heteroatoms. The van der Waals surface area contributed by atoms with Gasteiger partial charge in [0.05, 0.1) is 26.4 Å². The van der Waals surface area contributed by atoms with E-state index >= 15 is 0 Å². The summed E-state index contributed by atoms with van der Waals surface area (Å²) < 4.78 is 37.5. The second-order valence-electron chi connectivity index (χ2n) is 16.0. The minimum Gasteiger partial charge on any atom is -0.496 e. The fraction of sp³-hybridized carbons (Fsp3) is 0.595. The summed E-state index contributed by atoms with van der Waals surface area (Å²) in [6.45, 7) is 16.2. The van der Waals surface area contributed by atoms with Gasteiger partial charge in [-0.1, -0.05) is 31.7 Å². The highest BCUT2D eigenvalue weighted by molar-refractivity contribution is 6.02. The van der Waals surface area contributed by atoms with Crippen LogP contribution in [0.5, 0.6) is 5.75 Å². The number of hydrogen-bond acceptors (Lipinski definition) is 14.